The fourth-order valence-electron chi connectivity index (χ4n) is 1.89. The van der Waals surface area contributed by atoms with Crippen molar-refractivity contribution in [2.45, 2.75) is 0 Å². The maximum atomic E-state index is 10.8. The molecule has 0 aliphatic carbocycles. The monoisotopic (exact) mass is 315 g/mol. The maximum Gasteiger partial charge on any atom is 0.335 e. The van der Waals surface area contributed by atoms with E-state index in [-0.39, 0.29) is 5.56 Å². The molecule has 0 aliphatic rings. The molecule has 2 aromatic carbocycles. The third kappa shape index (κ3) is 3.12. The van der Waals surface area contributed by atoms with Gasteiger partial charge in [-0.15, -0.1) is 11.3 Å². The number of carboxylic acids is 1. The van der Waals surface area contributed by atoms with Gasteiger partial charge in [0.25, 0.3) is 0 Å². The van der Waals surface area contributed by atoms with E-state index in [2.05, 4.69) is 4.98 Å². The van der Waals surface area contributed by atoms with E-state index in [4.69, 9.17) is 16.7 Å². The van der Waals surface area contributed by atoms with Gasteiger partial charge in [0, 0.05) is 5.02 Å². The Labute approximate surface area is 130 Å². The van der Waals surface area contributed by atoms with Crippen molar-refractivity contribution in [2.75, 3.05) is 0 Å². The second-order valence-corrected chi connectivity index (χ2v) is 5.92. The predicted molar refractivity (Wildman–Crippen MR) is 87.0 cm³/mol. The van der Waals surface area contributed by atoms with E-state index < -0.39 is 5.97 Å². The molecule has 0 saturated carbocycles. The van der Waals surface area contributed by atoms with E-state index in [1.54, 1.807) is 35.6 Å². The zero-order valence-corrected chi connectivity index (χ0v) is 12.4. The molecular formula is C16H10ClNO2S. The van der Waals surface area contributed by atoms with E-state index in [0.29, 0.717) is 5.02 Å². The Hall–Kier alpha value is -2.17. The van der Waals surface area contributed by atoms with Crippen LogP contribution in [-0.4, -0.2) is 16.1 Å². The van der Waals surface area contributed by atoms with Crippen LogP contribution in [0.3, 0.4) is 0 Å². The number of aromatic carboxylic acids is 1. The SMILES string of the molecule is O=C(O)c1ccc(C=Cc2nc3cc(Cl)ccc3s2)cc1. The number of thiazole rings is 1. The molecule has 0 spiro atoms. The zero-order valence-electron chi connectivity index (χ0n) is 10.8. The molecule has 1 aromatic heterocycles. The number of hydrogen-bond acceptors (Lipinski definition) is 3. The number of halogens is 1. The topological polar surface area (TPSA) is 50.2 Å². The van der Waals surface area contributed by atoms with Crippen molar-refractivity contribution in [1.29, 1.82) is 0 Å². The summed E-state index contributed by atoms with van der Waals surface area (Å²) < 4.78 is 1.08. The Morgan fingerprint density at radius 3 is 2.62 bits per heavy atom. The highest BCUT2D eigenvalue weighted by molar-refractivity contribution is 7.19. The van der Waals surface area contributed by atoms with Gasteiger partial charge in [-0.2, -0.15) is 0 Å². The molecule has 0 aliphatic heterocycles. The molecule has 0 saturated heterocycles. The van der Waals surface area contributed by atoms with Crippen molar-refractivity contribution >= 4 is 51.3 Å². The van der Waals surface area contributed by atoms with Crippen LogP contribution >= 0.6 is 22.9 Å². The van der Waals surface area contributed by atoms with Crippen LogP contribution in [0.4, 0.5) is 0 Å². The van der Waals surface area contributed by atoms with Crippen LogP contribution in [0.15, 0.2) is 42.5 Å². The normalized spacial score (nSPS) is 11.3. The van der Waals surface area contributed by atoms with E-state index in [1.165, 1.54) is 0 Å². The van der Waals surface area contributed by atoms with Crippen molar-refractivity contribution in [3.05, 3.63) is 63.6 Å². The summed E-state index contributed by atoms with van der Waals surface area (Å²) in [7, 11) is 0. The first-order valence-corrected chi connectivity index (χ1v) is 7.39. The van der Waals surface area contributed by atoms with Gasteiger partial charge in [0.2, 0.25) is 0 Å². The van der Waals surface area contributed by atoms with Crippen molar-refractivity contribution < 1.29 is 9.90 Å². The van der Waals surface area contributed by atoms with Crippen LogP contribution in [0.25, 0.3) is 22.4 Å². The van der Waals surface area contributed by atoms with Gasteiger partial charge in [-0.05, 0) is 42.0 Å². The quantitative estimate of drug-likeness (QED) is 0.754. The minimum absolute atomic E-state index is 0.279. The summed E-state index contributed by atoms with van der Waals surface area (Å²) in [6, 6.07) is 12.3. The molecule has 3 nitrogen and oxygen atoms in total. The number of nitrogens with zero attached hydrogens (tertiary/aromatic N) is 1. The van der Waals surface area contributed by atoms with Crippen LogP contribution in [0.2, 0.25) is 5.02 Å². The molecule has 0 fully saturated rings. The van der Waals surface area contributed by atoms with Crippen LogP contribution in [0.1, 0.15) is 20.9 Å². The summed E-state index contributed by atoms with van der Waals surface area (Å²) in [6.45, 7) is 0. The molecule has 0 bridgehead atoms. The molecule has 3 rings (SSSR count). The van der Waals surface area contributed by atoms with Gasteiger partial charge in [0.15, 0.2) is 0 Å². The van der Waals surface area contributed by atoms with Gasteiger partial charge in [-0.3, -0.25) is 0 Å². The number of aromatic nitrogens is 1. The summed E-state index contributed by atoms with van der Waals surface area (Å²) >= 11 is 7.52. The number of rotatable bonds is 3. The maximum absolute atomic E-state index is 10.8. The molecule has 1 N–H and O–H groups in total. The Morgan fingerprint density at radius 1 is 1.14 bits per heavy atom. The molecule has 0 amide bonds. The number of carbonyl (C=O) groups is 1. The highest BCUT2D eigenvalue weighted by Gasteiger charge is 2.02. The first kappa shape index (κ1) is 13.8. The smallest absolute Gasteiger partial charge is 0.335 e. The molecule has 1 heterocycles. The highest BCUT2D eigenvalue weighted by atomic mass is 35.5. The average molecular weight is 316 g/mol. The molecule has 104 valence electrons. The van der Waals surface area contributed by atoms with Gasteiger partial charge in [0.05, 0.1) is 15.8 Å². The van der Waals surface area contributed by atoms with Gasteiger partial charge >= 0.3 is 5.97 Å². The first-order valence-electron chi connectivity index (χ1n) is 6.19. The molecular weight excluding hydrogens is 306 g/mol. The number of hydrogen-bond donors (Lipinski definition) is 1. The Bertz CT molecular complexity index is 837. The summed E-state index contributed by atoms with van der Waals surface area (Å²) in [4.78, 5) is 15.3. The van der Waals surface area contributed by atoms with E-state index >= 15 is 0 Å². The lowest BCUT2D eigenvalue weighted by Gasteiger charge is -1.95. The second kappa shape index (κ2) is 5.68. The molecule has 21 heavy (non-hydrogen) atoms. The standard InChI is InChI=1S/C16H10ClNO2S/c17-12-6-7-14-13(9-12)18-15(21-14)8-3-10-1-4-11(5-2-10)16(19)20/h1-9H,(H,19,20). The van der Waals surface area contributed by atoms with Crippen molar-refractivity contribution in [3.63, 3.8) is 0 Å². The molecule has 0 radical (unpaired) electrons. The third-order valence-electron chi connectivity index (χ3n) is 2.94. The Kier molecular flexibility index (Phi) is 3.73. The lowest BCUT2D eigenvalue weighted by atomic mass is 10.1. The average Bonchev–Trinajstić information content (AvgIpc) is 2.87. The predicted octanol–water partition coefficient (Wildman–Crippen LogP) is 4.82. The van der Waals surface area contributed by atoms with Gasteiger partial charge in [-0.25, -0.2) is 9.78 Å². The minimum Gasteiger partial charge on any atom is -0.478 e. The van der Waals surface area contributed by atoms with Gasteiger partial charge in [-0.1, -0.05) is 29.8 Å². The lowest BCUT2D eigenvalue weighted by molar-refractivity contribution is 0.0697. The third-order valence-corrected chi connectivity index (χ3v) is 4.18. The van der Waals surface area contributed by atoms with E-state index in [1.807, 2.05) is 30.4 Å². The summed E-state index contributed by atoms with van der Waals surface area (Å²) in [5.74, 6) is -0.923. The van der Waals surface area contributed by atoms with Crippen LogP contribution in [0.5, 0.6) is 0 Å². The van der Waals surface area contributed by atoms with E-state index in [0.717, 1.165) is 20.8 Å². The molecule has 0 unspecified atom stereocenters. The van der Waals surface area contributed by atoms with Crippen LogP contribution in [0, 0.1) is 0 Å². The minimum atomic E-state index is -0.923. The zero-order chi connectivity index (χ0) is 14.8. The fourth-order valence-corrected chi connectivity index (χ4v) is 2.91. The largest absolute Gasteiger partial charge is 0.478 e. The highest BCUT2D eigenvalue weighted by Crippen LogP contribution is 2.26. The van der Waals surface area contributed by atoms with Crippen molar-refractivity contribution in [3.8, 4) is 0 Å². The fraction of sp³-hybridized carbons (Fsp3) is 0. The van der Waals surface area contributed by atoms with Crippen LogP contribution < -0.4 is 0 Å². The van der Waals surface area contributed by atoms with Crippen LogP contribution in [-0.2, 0) is 0 Å². The number of fused-ring (bicyclic) bond motifs is 1. The Morgan fingerprint density at radius 2 is 1.90 bits per heavy atom. The summed E-state index contributed by atoms with van der Waals surface area (Å²) in [5, 5.41) is 10.4. The summed E-state index contributed by atoms with van der Waals surface area (Å²) in [5.41, 5.74) is 2.09. The van der Waals surface area contributed by atoms with E-state index in [9.17, 15) is 4.79 Å². The van der Waals surface area contributed by atoms with Gasteiger partial charge in [0.1, 0.15) is 5.01 Å². The number of carboxylic acid groups (broad SMARTS) is 1. The second-order valence-electron chi connectivity index (χ2n) is 4.42. The lowest BCUT2D eigenvalue weighted by Crippen LogP contribution is -1.94. The first-order chi connectivity index (χ1) is 10.1. The molecule has 0 atom stereocenters. The molecule has 5 heteroatoms. The summed E-state index contributed by atoms with van der Waals surface area (Å²) in [6.07, 6.45) is 3.82. The molecule has 3 aromatic rings. The number of benzene rings is 2. The Balaban J connectivity index is 1.85. The van der Waals surface area contributed by atoms with Crippen molar-refractivity contribution in [1.82, 2.24) is 4.98 Å². The van der Waals surface area contributed by atoms with Gasteiger partial charge < -0.3 is 5.11 Å². The van der Waals surface area contributed by atoms with Crippen molar-refractivity contribution in [2.24, 2.45) is 0 Å².